The summed E-state index contributed by atoms with van der Waals surface area (Å²) in [5, 5.41) is 4.18. The van der Waals surface area contributed by atoms with Gasteiger partial charge in [0, 0.05) is 17.5 Å². The van der Waals surface area contributed by atoms with Crippen molar-refractivity contribution in [3.05, 3.63) is 65.4 Å². The number of carbonyl (C=O) groups is 1. The molecule has 1 fully saturated rings. The fourth-order valence-electron chi connectivity index (χ4n) is 4.27. The van der Waals surface area contributed by atoms with Crippen molar-refractivity contribution in [3.8, 4) is 5.75 Å². The smallest absolute Gasteiger partial charge is 0.224 e. The predicted molar refractivity (Wildman–Crippen MR) is 119 cm³/mol. The second-order valence-corrected chi connectivity index (χ2v) is 7.96. The molecule has 5 heteroatoms. The van der Waals surface area contributed by atoms with Crippen LogP contribution in [-0.2, 0) is 17.6 Å². The zero-order valence-corrected chi connectivity index (χ0v) is 17.8. The molecule has 0 radical (unpaired) electrons. The largest absolute Gasteiger partial charge is 0.497 e. The summed E-state index contributed by atoms with van der Waals surface area (Å²) in [7, 11) is 1.68. The van der Waals surface area contributed by atoms with Crippen LogP contribution in [0.1, 0.15) is 42.5 Å². The minimum atomic E-state index is 0.0231. The van der Waals surface area contributed by atoms with Gasteiger partial charge in [0.1, 0.15) is 11.3 Å². The molecule has 0 bridgehead atoms. The first-order valence-corrected chi connectivity index (χ1v) is 10.8. The molecule has 0 unspecified atom stereocenters. The summed E-state index contributed by atoms with van der Waals surface area (Å²) in [6, 6.07) is 14.6. The number of benzene rings is 2. The van der Waals surface area contributed by atoms with E-state index < -0.39 is 0 Å². The van der Waals surface area contributed by atoms with Crippen molar-refractivity contribution in [2.24, 2.45) is 0 Å². The van der Waals surface area contributed by atoms with Crippen LogP contribution >= 0.6 is 0 Å². The van der Waals surface area contributed by atoms with Crippen molar-refractivity contribution in [1.82, 2.24) is 10.2 Å². The Morgan fingerprint density at radius 1 is 1.17 bits per heavy atom. The highest BCUT2D eigenvalue weighted by atomic mass is 16.5. The summed E-state index contributed by atoms with van der Waals surface area (Å²) < 4.78 is 11.0. The number of hydrogen-bond donors (Lipinski definition) is 1. The Morgan fingerprint density at radius 2 is 1.93 bits per heavy atom. The van der Waals surface area contributed by atoms with Crippen molar-refractivity contribution < 1.29 is 13.9 Å². The number of carbonyl (C=O) groups excluding carboxylic acids is 1. The van der Waals surface area contributed by atoms with Crippen LogP contribution in [0.15, 0.2) is 53.1 Å². The molecule has 1 aromatic heterocycles. The molecule has 1 amide bonds. The number of rotatable bonds is 8. The van der Waals surface area contributed by atoms with Gasteiger partial charge in [0.15, 0.2) is 0 Å². The highest BCUT2D eigenvalue weighted by molar-refractivity contribution is 5.88. The maximum Gasteiger partial charge on any atom is 0.224 e. The number of ether oxygens (including phenoxy) is 1. The molecular weight excluding hydrogens is 376 g/mol. The Hall–Kier alpha value is -2.79. The topological polar surface area (TPSA) is 54.7 Å². The molecule has 158 valence electrons. The number of amides is 1. The normalized spacial score (nSPS) is 15.4. The second-order valence-electron chi connectivity index (χ2n) is 7.96. The molecule has 0 aliphatic carbocycles. The van der Waals surface area contributed by atoms with Gasteiger partial charge in [-0.05, 0) is 61.7 Å². The van der Waals surface area contributed by atoms with Gasteiger partial charge in [-0.3, -0.25) is 9.69 Å². The summed E-state index contributed by atoms with van der Waals surface area (Å²) in [6.45, 7) is 4.86. The maximum absolute atomic E-state index is 12.7. The van der Waals surface area contributed by atoms with Gasteiger partial charge in [0.05, 0.1) is 25.8 Å². The molecule has 3 aromatic rings. The number of methoxy groups -OCH3 is 1. The first kappa shape index (κ1) is 20.5. The lowest BCUT2D eigenvalue weighted by Gasteiger charge is -2.28. The van der Waals surface area contributed by atoms with Crippen LogP contribution in [0.25, 0.3) is 11.0 Å². The zero-order chi connectivity index (χ0) is 20.9. The van der Waals surface area contributed by atoms with Gasteiger partial charge in [-0.25, -0.2) is 0 Å². The van der Waals surface area contributed by atoms with Crippen molar-refractivity contribution in [3.63, 3.8) is 0 Å². The van der Waals surface area contributed by atoms with E-state index >= 15 is 0 Å². The van der Waals surface area contributed by atoms with Crippen LogP contribution in [0.3, 0.4) is 0 Å². The molecule has 2 aromatic carbocycles. The molecule has 0 saturated carbocycles. The van der Waals surface area contributed by atoms with Gasteiger partial charge in [-0.1, -0.05) is 31.2 Å². The van der Waals surface area contributed by atoms with Crippen LogP contribution in [0.2, 0.25) is 0 Å². The van der Waals surface area contributed by atoms with Crippen molar-refractivity contribution in [2.45, 2.75) is 38.6 Å². The van der Waals surface area contributed by atoms with E-state index in [0.29, 0.717) is 13.0 Å². The van der Waals surface area contributed by atoms with Crippen LogP contribution in [0, 0.1) is 0 Å². The highest BCUT2D eigenvalue weighted by Gasteiger charge is 2.24. The fourth-order valence-corrected chi connectivity index (χ4v) is 4.27. The van der Waals surface area contributed by atoms with E-state index in [4.69, 9.17) is 9.15 Å². The Morgan fingerprint density at radius 3 is 2.63 bits per heavy atom. The first-order valence-electron chi connectivity index (χ1n) is 10.8. The van der Waals surface area contributed by atoms with E-state index in [1.165, 1.54) is 24.0 Å². The summed E-state index contributed by atoms with van der Waals surface area (Å²) >= 11 is 0. The summed E-state index contributed by atoms with van der Waals surface area (Å²) in [5.41, 5.74) is 4.23. The minimum absolute atomic E-state index is 0.0231. The minimum Gasteiger partial charge on any atom is -0.497 e. The van der Waals surface area contributed by atoms with E-state index in [2.05, 4.69) is 47.5 Å². The standard InChI is InChI=1S/C25H30N2O3/c1-3-18-6-11-22-20(17-30-24(22)14-18)15-25(28)26-16-23(27-12-4-5-13-27)19-7-9-21(29-2)10-8-19/h6-11,14,17,23H,3-5,12-13,15-16H2,1-2H3,(H,26,28)/t23-/m1/s1. The summed E-state index contributed by atoms with van der Waals surface area (Å²) in [5.74, 6) is 0.871. The fraction of sp³-hybridized carbons (Fsp3) is 0.400. The van der Waals surface area contributed by atoms with Crippen LogP contribution in [0.4, 0.5) is 0 Å². The Balaban J connectivity index is 1.43. The average Bonchev–Trinajstić information content (AvgIpc) is 3.44. The lowest BCUT2D eigenvalue weighted by atomic mass is 10.0. The van der Waals surface area contributed by atoms with Gasteiger partial charge in [0.25, 0.3) is 0 Å². The number of likely N-dealkylation sites (tertiary alicyclic amines) is 1. The molecule has 1 atom stereocenters. The molecule has 4 rings (SSSR count). The third-order valence-electron chi connectivity index (χ3n) is 6.05. The molecule has 1 saturated heterocycles. The maximum atomic E-state index is 12.7. The van der Waals surface area contributed by atoms with E-state index in [1.54, 1.807) is 13.4 Å². The molecule has 5 nitrogen and oxygen atoms in total. The van der Waals surface area contributed by atoms with Crippen LogP contribution < -0.4 is 10.1 Å². The molecule has 2 heterocycles. The zero-order valence-electron chi connectivity index (χ0n) is 17.8. The van der Waals surface area contributed by atoms with Gasteiger partial charge in [-0.15, -0.1) is 0 Å². The lowest BCUT2D eigenvalue weighted by Crippen LogP contribution is -2.37. The lowest BCUT2D eigenvalue weighted by molar-refractivity contribution is -0.120. The van der Waals surface area contributed by atoms with Crippen LogP contribution in [-0.4, -0.2) is 37.6 Å². The molecule has 30 heavy (non-hydrogen) atoms. The van der Waals surface area contributed by atoms with Crippen molar-refractivity contribution in [1.29, 1.82) is 0 Å². The molecule has 1 N–H and O–H groups in total. The van der Waals surface area contributed by atoms with Gasteiger partial charge in [-0.2, -0.15) is 0 Å². The second kappa shape index (κ2) is 9.35. The van der Waals surface area contributed by atoms with E-state index in [0.717, 1.165) is 41.8 Å². The monoisotopic (exact) mass is 406 g/mol. The number of fused-ring (bicyclic) bond motifs is 1. The average molecular weight is 407 g/mol. The predicted octanol–water partition coefficient (Wildman–Crippen LogP) is 4.50. The Kier molecular flexibility index (Phi) is 6.38. The third kappa shape index (κ3) is 4.51. The Bertz CT molecular complexity index is 987. The molecule has 1 aliphatic heterocycles. The van der Waals surface area contributed by atoms with E-state index in [9.17, 15) is 4.79 Å². The van der Waals surface area contributed by atoms with Gasteiger partial charge < -0.3 is 14.5 Å². The highest BCUT2D eigenvalue weighted by Crippen LogP contribution is 2.27. The van der Waals surface area contributed by atoms with E-state index in [1.807, 2.05) is 12.1 Å². The van der Waals surface area contributed by atoms with Crippen molar-refractivity contribution in [2.75, 3.05) is 26.7 Å². The number of nitrogens with zero attached hydrogens (tertiary/aromatic N) is 1. The Labute approximate surface area is 178 Å². The quantitative estimate of drug-likeness (QED) is 0.598. The van der Waals surface area contributed by atoms with E-state index in [-0.39, 0.29) is 11.9 Å². The number of aryl methyl sites for hydroxylation is 1. The van der Waals surface area contributed by atoms with Gasteiger partial charge in [0.2, 0.25) is 5.91 Å². The van der Waals surface area contributed by atoms with Crippen molar-refractivity contribution >= 4 is 16.9 Å². The number of furan rings is 1. The first-order chi connectivity index (χ1) is 14.7. The SMILES string of the molecule is CCc1ccc2c(CC(=O)NC[C@H](c3ccc(OC)cc3)N3CCCC3)coc2c1. The molecular formula is C25H30N2O3. The molecule has 1 aliphatic rings. The number of nitrogens with one attached hydrogen (secondary N) is 1. The summed E-state index contributed by atoms with van der Waals surface area (Å²) in [4.78, 5) is 15.2. The third-order valence-corrected chi connectivity index (χ3v) is 6.05. The van der Waals surface area contributed by atoms with Crippen LogP contribution in [0.5, 0.6) is 5.75 Å². The number of hydrogen-bond acceptors (Lipinski definition) is 4. The summed E-state index contributed by atoms with van der Waals surface area (Å²) in [6.07, 6.45) is 5.43. The molecule has 0 spiro atoms. The van der Waals surface area contributed by atoms with Gasteiger partial charge >= 0.3 is 0 Å².